The first-order valence-electron chi connectivity index (χ1n) is 10.2. The van der Waals surface area contributed by atoms with Crippen LogP contribution >= 0.6 is 0 Å². The molecule has 1 heterocycles. The van der Waals surface area contributed by atoms with Crippen LogP contribution in [0.2, 0.25) is 0 Å². The Kier molecular flexibility index (Phi) is 6.54. The van der Waals surface area contributed by atoms with Crippen molar-refractivity contribution in [2.45, 2.75) is 5.92 Å². The minimum atomic E-state index is -0.886. The van der Waals surface area contributed by atoms with E-state index in [1.807, 2.05) is 30.3 Å². The van der Waals surface area contributed by atoms with Crippen LogP contribution in [0.3, 0.4) is 0 Å². The highest BCUT2D eigenvalue weighted by Crippen LogP contribution is 2.29. The van der Waals surface area contributed by atoms with E-state index in [-0.39, 0.29) is 23.1 Å². The minimum Gasteiger partial charge on any atom is -0.423 e. The van der Waals surface area contributed by atoms with E-state index >= 15 is 0 Å². The van der Waals surface area contributed by atoms with E-state index in [0.29, 0.717) is 12.1 Å². The van der Waals surface area contributed by atoms with Crippen molar-refractivity contribution >= 4 is 24.0 Å². The van der Waals surface area contributed by atoms with Gasteiger partial charge in [0.2, 0.25) is 5.91 Å². The fraction of sp³-hybridized carbons (Fsp3) is 0.120. The molecular formula is C25H20FN3O4. The van der Waals surface area contributed by atoms with E-state index < -0.39 is 23.6 Å². The molecule has 8 heteroatoms. The molecule has 0 aliphatic carbocycles. The number of carbonyl (C=O) groups excluding carboxylic acids is 3. The topological polar surface area (TPSA) is 96.9 Å². The number of nitrogens with zero attached hydrogens (tertiary/aromatic N) is 1. The molecule has 1 fully saturated rings. The molecule has 166 valence electrons. The van der Waals surface area contributed by atoms with Gasteiger partial charge in [-0.1, -0.05) is 48.5 Å². The van der Waals surface area contributed by atoms with E-state index in [1.54, 1.807) is 24.3 Å². The van der Waals surface area contributed by atoms with E-state index in [1.165, 1.54) is 24.4 Å². The Morgan fingerprint density at radius 3 is 2.61 bits per heavy atom. The molecule has 0 spiro atoms. The lowest BCUT2D eigenvalue weighted by molar-refractivity contribution is -0.133. The Morgan fingerprint density at radius 2 is 1.82 bits per heavy atom. The number of carbonyl (C=O) groups is 3. The number of rotatable bonds is 6. The van der Waals surface area contributed by atoms with Gasteiger partial charge in [-0.2, -0.15) is 5.10 Å². The number of esters is 1. The van der Waals surface area contributed by atoms with Crippen molar-refractivity contribution in [3.63, 3.8) is 0 Å². The molecule has 4 rings (SSSR count). The Hall–Kier alpha value is -4.33. The molecule has 2 unspecified atom stereocenters. The summed E-state index contributed by atoms with van der Waals surface area (Å²) in [5.74, 6) is -3.02. The van der Waals surface area contributed by atoms with Gasteiger partial charge in [-0.15, -0.1) is 0 Å². The lowest BCUT2D eigenvalue weighted by Gasteiger charge is -2.15. The van der Waals surface area contributed by atoms with Crippen LogP contribution in [0.4, 0.5) is 4.39 Å². The maximum Gasteiger partial charge on any atom is 0.343 e. The molecule has 2 atom stereocenters. The van der Waals surface area contributed by atoms with Crippen molar-refractivity contribution in [3.8, 4) is 5.75 Å². The van der Waals surface area contributed by atoms with Gasteiger partial charge < -0.3 is 10.1 Å². The Morgan fingerprint density at radius 1 is 1.03 bits per heavy atom. The van der Waals surface area contributed by atoms with Gasteiger partial charge in [0.15, 0.2) is 0 Å². The molecule has 2 N–H and O–H groups in total. The van der Waals surface area contributed by atoms with Gasteiger partial charge in [0.25, 0.3) is 5.91 Å². The number of hydrogen-bond donors (Lipinski definition) is 2. The molecule has 0 saturated carbocycles. The Labute approximate surface area is 189 Å². The zero-order valence-corrected chi connectivity index (χ0v) is 17.4. The maximum atomic E-state index is 13.3. The van der Waals surface area contributed by atoms with E-state index in [9.17, 15) is 18.8 Å². The molecule has 1 aliphatic rings. The van der Waals surface area contributed by atoms with Gasteiger partial charge in [0.05, 0.1) is 11.8 Å². The third-order valence-electron chi connectivity index (χ3n) is 5.21. The largest absolute Gasteiger partial charge is 0.423 e. The SMILES string of the molecule is O=C(Oc1cccc(/C=N\NC(=O)C2C(=O)NCC2c2ccccc2)c1)c1cccc(F)c1. The molecular weight excluding hydrogens is 425 g/mol. The van der Waals surface area contributed by atoms with Gasteiger partial charge in [0.1, 0.15) is 17.5 Å². The van der Waals surface area contributed by atoms with E-state index in [2.05, 4.69) is 15.8 Å². The smallest absolute Gasteiger partial charge is 0.343 e. The van der Waals surface area contributed by atoms with E-state index in [4.69, 9.17) is 4.74 Å². The summed E-state index contributed by atoms with van der Waals surface area (Å²) < 4.78 is 18.6. The highest BCUT2D eigenvalue weighted by atomic mass is 19.1. The average molecular weight is 445 g/mol. The lowest BCUT2D eigenvalue weighted by Crippen LogP contribution is -2.34. The summed E-state index contributed by atoms with van der Waals surface area (Å²) >= 11 is 0. The molecule has 1 aliphatic heterocycles. The van der Waals surface area contributed by atoms with Crippen LogP contribution in [-0.4, -0.2) is 30.5 Å². The van der Waals surface area contributed by atoms with Crippen LogP contribution in [-0.2, 0) is 9.59 Å². The molecule has 2 amide bonds. The van der Waals surface area contributed by atoms with Crippen molar-refractivity contribution in [2.75, 3.05) is 6.54 Å². The zero-order valence-electron chi connectivity index (χ0n) is 17.4. The van der Waals surface area contributed by atoms with Gasteiger partial charge in [-0.3, -0.25) is 9.59 Å². The van der Waals surface area contributed by atoms with Gasteiger partial charge in [0, 0.05) is 12.5 Å². The standard InChI is InChI=1S/C25H20FN3O4/c26-19-10-5-9-18(13-19)25(32)33-20-11-4-6-16(12-20)14-28-29-24(31)22-21(15-27-23(22)30)17-7-2-1-3-8-17/h1-14,21-22H,15H2,(H,27,30)(H,29,31)/b28-14-. The number of amides is 2. The summed E-state index contributed by atoms with van der Waals surface area (Å²) in [4.78, 5) is 37.1. The second-order valence-corrected chi connectivity index (χ2v) is 7.45. The summed E-state index contributed by atoms with van der Waals surface area (Å²) in [7, 11) is 0. The molecule has 1 saturated heterocycles. The number of benzene rings is 3. The Balaban J connectivity index is 1.39. The number of hydrazone groups is 1. The second-order valence-electron chi connectivity index (χ2n) is 7.45. The normalized spacial score (nSPS) is 17.5. The molecule has 3 aromatic rings. The number of ether oxygens (including phenoxy) is 1. The average Bonchev–Trinajstić information content (AvgIpc) is 3.21. The summed E-state index contributed by atoms with van der Waals surface area (Å²) in [6.45, 7) is 0.378. The monoisotopic (exact) mass is 445 g/mol. The van der Waals surface area contributed by atoms with Crippen LogP contribution < -0.4 is 15.5 Å². The molecule has 33 heavy (non-hydrogen) atoms. The maximum absolute atomic E-state index is 13.3. The highest BCUT2D eigenvalue weighted by molar-refractivity contribution is 6.03. The molecule has 0 radical (unpaired) electrons. The first-order valence-corrected chi connectivity index (χ1v) is 10.2. The lowest BCUT2D eigenvalue weighted by atomic mass is 9.88. The first-order chi connectivity index (χ1) is 16.0. The van der Waals surface area contributed by atoms with Crippen LogP contribution in [0.25, 0.3) is 0 Å². The zero-order chi connectivity index (χ0) is 23.2. The van der Waals surface area contributed by atoms with Crippen molar-refractivity contribution in [3.05, 3.63) is 101 Å². The molecule has 0 aromatic heterocycles. The van der Waals surface area contributed by atoms with Crippen molar-refractivity contribution < 1.29 is 23.5 Å². The third-order valence-corrected chi connectivity index (χ3v) is 5.21. The van der Waals surface area contributed by atoms with E-state index in [0.717, 1.165) is 11.6 Å². The quantitative estimate of drug-likeness (QED) is 0.200. The second kappa shape index (κ2) is 9.86. The predicted octanol–water partition coefficient (Wildman–Crippen LogP) is 3.02. The first kappa shape index (κ1) is 21.9. The van der Waals surface area contributed by atoms with Crippen LogP contribution in [0, 0.1) is 11.7 Å². The van der Waals surface area contributed by atoms with Crippen LogP contribution in [0.15, 0.2) is 84.0 Å². The van der Waals surface area contributed by atoms with Crippen molar-refractivity contribution in [1.82, 2.24) is 10.7 Å². The van der Waals surface area contributed by atoms with Crippen LogP contribution in [0.5, 0.6) is 5.75 Å². The highest BCUT2D eigenvalue weighted by Gasteiger charge is 2.40. The number of halogens is 1. The third kappa shape index (κ3) is 5.30. The fourth-order valence-electron chi connectivity index (χ4n) is 3.61. The summed E-state index contributed by atoms with van der Waals surface area (Å²) in [6, 6.07) is 21.0. The summed E-state index contributed by atoms with van der Waals surface area (Å²) in [6.07, 6.45) is 1.38. The molecule has 7 nitrogen and oxygen atoms in total. The molecule has 3 aromatic carbocycles. The van der Waals surface area contributed by atoms with Crippen LogP contribution in [0.1, 0.15) is 27.4 Å². The predicted molar refractivity (Wildman–Crippen MR) is 119 cm³/mol. The van der Waals surface area contributed by atoms with Crippen molar-refractivity contribution in [1.29, 1.82) is 0 Å². The van der Waals surface area contributed by atoms with Gasteiger partial charge >= 0.3 is 5.97 Å². The fourth-order valence-corrected chi connectivity index (χ4v) is 3.61. The van der Waals surface area contributed by atoms with Gasteiger partial charge in [-0.25, -0.2) is 14.6 Å². The Bertz CT molecular complexity index is 1210. The number of nitrogens with one attached hydrogen (secondary N) is 2. The van der Waals surface area contributed by atoms with Gasteiger partial charge in [-0.05, 0) is 41.5 Å². The summed E-state index contributed by atoms with van der Waals surface area (Å²) in [5.41, 5.74) is 3.95. The minimum absolute atomic E-state index is 0.0872. The van der Waals surface area contributed by atoms with Crippen molar-refractivity contribution in [2.24, 2.45) is 11.0 Å². The molecule has 0 bridgehead atoms. The summed E-state index contributed by atoms with van der Waals surface area (Å²) in [5, 5.41) is 6.67. The number of hydrogen-bond acceptors (Lipinski definition) is 5.